The number of pyridine rings is 1. The van der Waals surface area contributed by atoms with E-state index < -0.39 is 6.03 Å². The Morgan fingerprint density at radius 3 is 2.79 bits per heavy atom. The molecule has 1 atom stereocenters. The summed E-state index contributed by atoms with van der Waals surface area (Å²) in [6, 6.07) is 7.89. The highest BCUT2D eigenvalue weighted by molar-refractivity contribution is 7.14. The third-order valence-electron chi connectivity index (χ3n) is 4.12. The van der Waals surface area contributed by atoms with E-state index in [4.69, 9.17) is 14.2 Å². The van der Waals surface area contributed by atoms with Gasteiger partial charge in [-0.15, -0.1) is 0 Å². The molecule has 0 aliphatic carbocycles. The molecule has 0 saturated heterocycles. The number of carbonyl (C=O) groups is 1. The molecule has 28 heavy (non-hydrogen) atoms. The van der Waals surface area contributed by atoms with Gasteiger partial charge < -0.3 is 19.5 Å². The van der Waals surface area contributed by atoms with Crippen LogP contribution in [0.25, 0.3) is 10.2 Å². The minimum atomic E-state index is -0.500. The van der Waals surface area contributed by atoms with Gasteiger partial charge in [0.1, 0.15) is 11.4 Å². The van der Waals surface area contributed by atoms with Crippen molar-refractivity contribution >= 4 is 27.8 Å². The van der Waals surface area contributed by atoms with E-state index in [2.05, 4.69) is 10.3 Å². The number of methoxy groups -OCH3 is 2. The first-order valence-corrected chi connectivity index (χ1v) is 9.40. The van der Waals surface area contributed by atoms with Crippen molar-refractivity contribution in [1.29, 1.82) is 0 Å². The van der Waals surface area contributed by atoms with E-state index in [9.17, 15) is 9.59 Å². The maximum absolute atomic E-state index is 12.6. The highest BCUT2D eigenvalue weighted by Crippen LogP contribution is 2.30. The lowest BCUT2D eigenvalue weighted by Crippen LogP contribution is -2.34. The number of rotatable bonds is 7. The summed E-state index contributed by atoms with van der Waals surface area (Å²) in [5.41, 5.74) is 0.439. The molecular weight excluding hydrogens is 382 g/mol. The minimum Gasteiger partial charge on any atom is -0.493 e. The fraction of sp³-hybridized carbons (Fsp3) is 0.316. The number of carbonyl (C=O) groups excluding carboxylic acids is 1. The third kappa shape index (κ3) is 4.15. The van der Waals surface area contributed by atoms with Gasteiger partial charge in [-0.2, -0.15) is 3.96 Å². The van der Waals surface area contributed by atoms with E-state index in [1.165, 1.54) is 0 Å². The number of nitrogens with one attached hydrogen (secondary N) is 1. The number of hydrogen-bond acceptors (Lipinski definition) is 7. The van der Waals surface area contributed by atoms with Crippen LogP contribution in [-0.4, -0.2) is 42.4 Å². The number of amides is 1. The maximum atomic E-state index is 12.6. The van der Waals surface area contributed by atoms with Crippen molar-refractivity contribution in [2.24, 2.45) is 0 Å². The second-order valence-corrected chi connectivity index (χ2v) is 6.90. The van der Waals surface area contributed by atoms with E-state index >= 15 is 0 Å². The van der Waals surface area contributed by atoms with Crippen LogP contribution in [-0.2, 0) is 4.74 Å². The molecule has 8 nitrogen and oxygen atoms in total. The summed E-state index contributed by atoms with van der Waals surface area (Å²) in [5.74, 6) is 1.14. The smallest absolute Gasteiger partial charge is 0.338 e. The average Bonchev–Trinajstić information content (AvgIpc) is 3.05. The van der Waals surface area contributed by atoms with E-state index in [-0.39, 0.29) is 11.6 Å². The van der Waals surface area contributed by atoms with Gasteiger partial charge in [0.25, 0.3) is 5.56 Å². The topological polar surface area (TPSA) is 91.7 Å². The Kier molecular flexibility index (Phi) is 6.27. The molecule has 0 fully saturated rings. The van der Waals surface area contributed by atoms with Crippen molar-refractivity contribution in [3.8, 4) is 11.5 Å². The normalized spacial score (nSPS) is 12.0. The Morgan fingerprint density at radius 2 is 2.07 bits per heavy atom. The monoisotopic (exact) mass is 403 g/mol. The molecule has 1 N–H and O–H groups in total. The van der Waals surface area contributed by atoms with E-state index in [0.717, 1.165) is 21.1 Å². The number of benzene rings is 1. The summed E-state index contributed by atoms with van der Waals surface area (Å²) in [5, 5.41) is 3.25. The second kappa shape index (κ2) is 8.85. The Bertz CT molecular complexity index is 1030. The van der Waals surface area contributed by atoms with Crippen LogP contribution in [0.1, 0.15) is 18.5 Å². The number of hydrogen-bond donors (Lipinski definition) is 1. The molecule has 0 saturated carbocycles. The number of nitrogens with zero attached hydrogens (tertiary/aromatic N) is 2. The SMILES string of the molecule is COCCOc1ccc(C(C)NC(=O)n2sc3ncccc3c2=O)cc1OC. The van der Waals surface area contributed by atoms with Crippen LogP contribution < -0.4 is 20.3 Å². The van der Waals surface area contributed by atoms with Crippen molar-refractivity contribution in [2.45, 2.75) is 13.0 Å². The molecule has 9 heteroatoms. The minimum absolute atomic E-state index is 0.348. The van der Waals surface area contributed by atoms with Gasteiger partial charge >= 0.3 is 6.03 Å². The quantitative estimate of drug-likeness (QED) is 0.610. The summed E-state index contributed by atoms with van der Waals surface area (Å²) in [4.78, 5) is 29.6. The van der Waals surface area contributed by atoms with Gasteiger partial charge in [0.2, 0.25) is 0 Å². The molecule has 1 aromatic carbocycles. The van der Waals surface area contributed by atoms with Gasteiger partial charge in [-0.1, -0.05) is 6.07 Å². The Balaban J connectivity index is 1.76. The lowest BCUT2D eigenvalue weighted by atomic mass is 10.1. The Morgan fingerprint density at radius 1 is 1.25 bits per heavy atom. The number of fused-ring (bicyclic) bond motifs is 1. The van der Waals surface area contributed by atoms with Crippen LogP contribution in [0.4, 0.5) is 4.79 Å². The fourth-order valence-electron chi connectivity index (χ4n) is 2.63. The van der Waals surface area contributed by atoms with Gasteiger partial charge in [0.05, 0.1) is 25.1 Å². The molecule has 3 aromatic rings. The largest absolute Gasteiger partial charge is 0.493 e. The molecule has 0 aliphatic rings. The van der Waals surface area contributed by atoms with Gasteiger partial charge in [0, 0.05) is 13.3 Å². The molecule has 1 amide bonds. The van der Waals surface area contributed by atoms with E-state index in [1.807, 2.05) is 13.0 Å². The van der Waals surface area contributed by atoms with Gasteiger partial charge in [-0.3, -0.25) is 4.79 Å². The van der Waals surface area contributed by atoms with Crippen molar-refractivity contribution in [3.05, 3.63) is 52.4 Å². The third-order valence-corrected chi connectivity index (χ3v) is 5.13. The number of ether oxygens (including phenoxy) is 3. The summed E-state index contributed by atoms with van der Waals surface area (Å²) < 4.78 is 17.0. The lowest BCUT2D eigenvalue weighted by Gasteiger charge is -2.17. The molecule has 1 unspecified atom stereocenters. The van der Waals surface area contributed by atoms with Crippen LogP contribution in [0, 0.1) is 0 Å². The van der Waals surface area contributed by atoms with Gasteiger partial charge in [-0.05, 0) is 48.3 Å². The zero-order chi connectivity index (χ0) is 20.1. The molecule has 0 radical (unpaired) electrons. The first-order valence-electron chi connectivity index (χ1n) is 8.62. The van der Waals surface area contributed by atoms with Crippen LogP contribution in [0.2, 0.25) is 0 Å². The molecular formula is C19H21N3O5S. The molecule has 0 bridgehead atoms. The fourth-order valence-corrected chi connectivity index (χ4v) is 3.48. The van der Waals surface area contributed by atoms with Crippen molar-refractivity contribution in [2.75, 3.05) is 27.4 Å². The summed E-state index contributed by atoms with van der Waals surface area (Å²) in [7, 11) is 3.15. The van der Waals surface area contributed by atoms with Gasteiger partial charge in [-0.25, -0.2) is 9.78 Å². The first kappa shape index (κ1) is 19.8. The molecule has 2 heterocycles. The zero-order valence-electron chi connectivity index (χ0n) is 15.8. The van der Waals surface area contributed by atoms with Crippen LogP contribution >= 0.6 is 11.5 Å². The summed E-state index contributed by atoms with van der Waals surface area (Å²) in [6.45, 7) is 2.70. The summed E-state index contributed by atoms with van der Waals surface area (Å²) >= 11 is 1.01. The van der Waals surface area contributed by atoms with Crippen LogP contribution in [0.15, 0.2) is 41.3 Å². The van der Waals surface area contributed by atoms with Gasteiger partial charge in [0.15, 0.2) is 11.5 Å². The maximum Gasteiger partial charge on any atom is 0.338 e. The predicted molar refractivity (Wildman–Crippen MR) is 107 cm³/mol. The molecule has 148 valence electrons. The van der Waals surface area contributed by atoms with Crippen molar-refractivity contribution < 1.29 is 19.0 Å². The highest BCUT2D eigenvalue weighted by atomic mass is 32.1. The number of aromatic nitrogens is 2. The highest BCUT2D eigenvalue weighted by Gasteiger charge is 2.18. The Labute approximate surface area is 165 Å². The Hall–Kier alpha value is -2.91. The van der Waals surface area contributed by atoms with Crippen LogP contribution in [0.5, 0.6) is 11.5 Å². The molecule has 3 rings (SSSR count). The van der Waals surface area contributed by atoms with Crippen molar-refractivity contribution in [1.82, 2.24) is 14.3 Å². The molecule has 0 aliphatic heterocycles. The average molecular weight is 403 g/mol. The molecule has 0 spiro atoms. The standard InChI is InChI=1S/C19H21N3O5S/c1-12(13-6-7-15(16(11-13)26-3)27-10-9-25-2)21-19(24)22-18(23)14-5-4-8-20-17(14)28-22/h4-8,11-12H,9-10H2,1-3H3,(H,21,24). The first-order chi connectivity index (χ1) is 13.5. The lowest BCUT2D eigenvalue weighted by molar-refractivity contribution is 0.144. The second-order valence-electron chi connectivity index (χ2n) is 5.97. The van der Waals surface area contributed by atoms with E-state index in [0.29, 0.717) is 34.9 Å². The zero-order valence-corrected chi connectivity index (χ0v) is 16.6. The molecule has 2 aromatic heterocycles. The van der Waals surface area contributed by atoms with Crippen LogP contribution in [0.3, 0.4) is 0 Å². The van der Waals surface area contributed by atoms with E-state index in [1.54, 1.807) is 44.7 Å². The predicted octanol–water partition coefficient (Wildman–Crippen LogP) is 2.81. The van der Waals surface area contributed by atoms with Crippen molar-refractivity contribution in [3.63, 3.8) is 0 Å². The summed E-state index contributed by atoms with van der Waals surface area (Å²) in [6.07, 6.45) is 1.59.